The molecular weight excluding hydrogens is 765 g/mol. The molecule has 61 heavy (non-hydrogen) atoms. The minimum absolute atomic E-state index is 0.197. The summed E-state index contributed by atoms with van der Waals surface area (Å²) in [5.74, 6) is 4.68. The zero-order chi connectivity index (χ0) is 43.0. The maximum Gasteiger partial charge on any atom is 0.291 e. The fraction of sp³-hybridized carbons (Fsp3) is 0.347. The Kier molecular flexibility index (Phi) is 16.2. The second-order valence-electron chi connectivity index (χ2n) is 15.2. The van der Waals surface area contributed by atoms with E-state index >= 15 is 0 Å². The number of rotatable bonds is 15. The Labute approximate surface area is 359 Å². The van der Waals surface area contributed by atoms with Crippen LogP contribution in [0.5, 0.6) is 0 Å². The van der Waals surface area contributed by atoms with Gasteiger partial charge in [0.25, 0.3) is 11.8 Å². The summed E-state index contributed by atoms with van der Waals surface area (Å²) >= 11 is 0. The molecule has 0 saturated carbocycles. The molecule has 2 aromatic heterocycles. The maximum absolute atomic E-state index is 12.7. The van der Waals surface area contributed by atoms with E-state index in [1.807, 2.05) is 24.3 Å². The number of anilines is 2. The van der Waals surface area contributed by atoms with Crippen molar-refractivity contribution >= 4 is 45.5 Å². The van der Waals surface area contributed by atoms with Gasteiger partial charge < -0.3 is 35.4 Å². The normalized spacial score (nSPS) is 15.2. The maximum atomic E-state index is 12.7. The van der Waals surface area contributed by atoms with Gasteiger partial charge in [-0.25, -0.2) is 9.97 Å². The van der Waals surface area contributed by atoms with Crippen LogP contribution in [-0.2, 0) is 9.47 Å². The summed E-state index contributed by atoms with van der Waals surface area (Å²) < 4.78 is 10.5. The summed E-state index contributed by atoms with van der Waals surface area (Å²) in [4.78, 5) is 41.6. The van der Waals surface area contributed by atoms with Crippen molar-refractivity contribution in [1.29, 1.82) is 0 Å². The molecule has 3 heterocycles. The number of nitrogens with one attached hydrogen (secondary N) is 5. The van der Waals surface area contributed by atoms with Gasteiger partial charge in [-0.1, -0.05) is 49.3 Å². The van der Waals surface area contributed by atoms with Crippen LogP contribution in [0.1, 0.15) is 106 Å². The van der Waals surface area contributed by atoms with Crippen LogP contribution in [0.4, 0.5) is 11.4 Å². The topological polar surface area (TPSA) is 149 Å². The van der Waals surface area contributed by atoms with Crippen molar-refractivity contribution in [1.82, 2.24) is 30.2 Å². The van der Waals surface area contributed by atoms with Crippen LogP contribution in [0, 0.1) is 24.7 Å². The number of terminal acetylenes is 2. The number of morpholine rings is 1. The average Bonchev–Trinajstić information content (AvgIpc) is 4.00. The zero-order valence-corrected chi connectivity index (χ0v) is 35.1. The average molecular weight is 821 g/mol. The van der Waals surface area contributed by atoms with E-state index in [-0.39, 0.29) is 23.5 Å². The second-order valence-corrected chi connectivity index (χ2v) is 15.2. The Morgan fingerprint density at radius 3 is 1.79 bits per heavy atom. The van der Waals surface area contributed by atoms with Crippen molar-refractivity contribution < 1.29 is 19.1 Å². The van der Waals surface area contributed by atoms with Crippen molar-refractivity contribution in [2.45, 2.75) is 51.4 Å². The lowest BCUT2D eigenvalue weighted by Crippen LogP contribution is -2.37. The highest BCUT2D eigenvalue weighted by molar-refractivity contribution is 6.04. The summed E-state index contributed by atoms with van der Waals surface area (Å²) in [6, 6.07) is 12.2. The van der Waals surface area contributed by atoms with Crippen LogP contribution in [0.3, 0.4) is 0 Å². The number of carbonyl (C=O) groups excluding carboxylic acids is 2. The third kappa shape index (κ3) is 12.4. The molecule has 0 unspecified atom stereocenters. The Hall–Kier alpha value is -6.28. The number of aromatic amines is 2. The molecule has 5 N–H and O–H groups in total. The molecule has 3 aliphatic rings. The molecule has 2 aromatic carbocycles. The standard InChI is InChI=1S/C25H28N4O2.C24H28N4O2/c1-3-21-16-26-24(27-21)25(30)28-23-10-9-20(15-22(23)19-7-5-4-6-8-19)18(2)17-29-11-13-31-14-12-29;1-4-20-16-26-23(27-20)24(29)28-22-11-10-19(17(2)15-25-12-13-30-3)14-21(22)18-8-6-5-7-9-18/h1,7,9-10,15-16H,2,4-6,8,11-14,17H2,(H,26,27)(H,28,30);1,8,10-11,14,16,25H,2,5-7,9,12-13,15H2,3H3,(H,26,27)(H,28,29). The van der Waals surface area contributed by atoms with Gasteiger partial charge >= 0.3 is 0 Å². The third-order valence-electron chi connectivity index (χ3n) is 10.9. The van der Waals surface area contributed by atoms with E-state index in [9.17, 15) is 9.59 Å². The summed E-state index contributed by atoms with van der Waals surface area (Å²) in [7, 11) is 1.68. The Morgan fingerprint density at radius 1 is 0.803 bits per heavy atom. The number of hydrogen-bond donors (Lipinski definition) is 5. The van der Waals surface area contributed by atoms with E-state index in [1.54, 1.807) is 7.11 Å². The van der Waals surface area contributed by atoms with Crippen LogP contribution in [0.15, 0.2) is 74.1 Å². The van der Waals surface area contributed by atoms with Gasteiger partial charge in [0.05, 0.1) is 32.2 Å². The van der Waals surface area contributed by atoms with Gasteiger partial charge in [0.15, 0.2) is 11.6 Å². The molecule has 316 valence electrons. The molecule has 0 atom stereocenters. The lowest BCUT2D eigenvalue weighted by Gasteiger charge is -2.27. The number of nitrogens with zero attached hydrogens (tertiary/aromatic N) is 3. The van der Waals surface area contributed by atoms with Crippen LogP contribution in [0.2, 0.25) is 0 Å². The molecule has 0 radical (unpaired) electrons. The van der Waals surface area contributed by atoms with E-state index in [0.717, 1.165) is 123 Å². The number of aromatic nitrogens is 4. The molecule has 0 bridgehead atoms. The predicted octanol–water partition coefficient (Wildman–Crippen LogP) is 7.80. The van der Waals surface area contributed by atoms with E-state index in [1.165, 1.54) is 36.4 Å². The first-order chi connectivity index (χ1) is 29.8. The summed E-state index contributed by atoms with van der Waals surface area (Å²) in [5.41, 5.74) is 11.3. The van der Waals surface area contributed by atoms with Crippen LogP contribution >= 0.6 is 0 Å². The number of hydrogen-bond acceptors (Lipinski definition) is 8. The van der Waals surface area contributed by atoms with Gasteiger partial charge in [0.1, 0.15) is 11.4 Å². The molecule has 4 aromatic rings. The number of H-pyrrole nitrogens is 2. The highest BCUT2D eigenvalue weighted by atomic mass is 16.5. The number of benzene rings is 2. The summed E-state index contributed by atoms with van der Waals surface area (Å²) in [5, 5.41) is 9.32. The van der Waals surface area contributed by atoms with E-state index in [4.69, 9.17) is 22.3 Å². The second kappa shape index (κ2) is 22.4. The number of ether oxygens (including phenoxy) is 2. The van der Waals surface area contributed by atoms with Gasteiger partial charge in [0, 0.05) is 62.3 Å². The minimum Gasteiger partial charge on any atom is -0.383 e. The molecule has 1 fully saturated rings. The SMILES string of the molecule is C#Cc1cnc(C(=O)Nc2ccc(C(=C)CN3CCOCC3)cc2C2=CCCCC2)[nH]1.C#Cc1cnc(C(=O)Nc2ccc(C(=C)CNCCOC)cc2C2=CCCCC2)[nH]1. The smallest absolute Gasteiger partial charge is 0.291 e. The van der Waals surface area contributed by atoms with E-state index in [0.29, 0.717) is 24.5 Å². The first-order valence-electron chi connectivity index (χ1n) is 20.9. The first kappa shape index (κ1) is 44.3. The molecule has 12 nitrogen and oxygen atoms in total. The predicted molar refractivity (Wildman–Crippen MR) is 245 cm³/mol. The first-order valence-corrected chi connectivity index (χ1v) is 20.9. The Morgan fingerprint density at radius 2 is 1.33 bits per heavy atom. The Balaban J connectivity index is 0.000000204. The highest BCUT2D eigenvalue weighted by Gasteiger charge is 2.20. The fourth-order valence-corrected chi connectivity index (χ4v) is 7.46. The van der Waals surface area contributed by atoms with E-state index < -0.39 is 0 Å². The largest absolute Gasteiger partial charge is 0.383 e. The van der Waals surface area contributed by atoms with Crippen LogP contribution in [0.25, 0.3) is 22.3 Å². The highest BCUT2D eigenvalue weighted by Crippen LogP contribution is 2.35. The van der Waals surface area contributed by atoms with Gasteiger partial charge in [0.2, 0.25) is 0 Å². The number of amides is 2. The van der Waals surface area contributed by atoms with Gasteiger partial charge in [-0.3, -0.25) is 14.5 Å². The van der Waals surface area contributed by atoms with Crippen molar-refractivity contribution in [3.05, 3.63) is 119 Å². The number of imidazole rings is 2. The monoisotopic (exact) mass is 820 g/mol. The zero-order valence-electron chi connectivity index (χ0n) is 35.1. The molecule has 1 saturated heterocycles. The molecule has 0 spiro atoms. The summed E-state index contributed by atoms with van der Waals surface area (Å²) in [6.07, 6.45) is 27.0. The quantitative estimate of drug-likeness (QED) is 0.0603. The van der Waals surface area contributed by atoms with Crippen molar-refractivity contribution in [3.63, 3.8) is 0 Å². The molecule has 7 rings (SSSR count). The minimum atomic E-state index is -0.318. The van der Waals surface area contributed by atoms with Gasteiger partial charge in [-0.2, -0.15) is 0 Å². The molecule has 1 aliphatic heterocycles. The fourth-order valence-electron chi connectivity index (χ4n) is 7.46. The molecule has 2 amide bonds. The lowest BCUT2D eigenvalue weighted by atomic mass is 9.90. The Bertz CT molecular complexity index is 2350. The number of methoxy groups -OCH3 is 1. The summed E-state index contributed by atoms with van der Waals surface area (Å²) in [6.45, 7) is 14.8. The number of allylic oxidation sites excluding steroid dienone is 4. The van der Waals surface area contributed by atoms with Crippen molar-refractivity contribution in [3.8, 4) is 24.7 Å². The van der Waals surface area contributed by atoms with Gasteiger partial charge in [-0.05, 0) is 109 Å². The molecule has 12 heteroatoms. The van der Waals surface area contributed by atoms with Crippen LogP contribution in [-0.4, -0.2) is 96.3 Å². The van der Waals surface area contributed by atoms with Crippen molar-refractivity contribution in [2.24, 2.45) is 0 Å². The van der Waals surface area contributed by atoms with Crippen LogP contribution < -0.4 is 16.0 Å². The van der Waals surface area contributed by atoms with Gasteiger partial charge in [-0.15, -0.1) is 12.8 Å². The lowest BCUT2D eigenvalue weighted by molar-refractivity contribution is 0.0444. The molecular formula is C49H56N8O4. The third-order valence-corrected chi connectivity index (χ3v) is 10.9. The molecule has 2 aliphatic carbocycles. The van der Waals surface area contributed by atoms with Crippen molar-refractivity contribution in [2.75, 3.05) is 70.3 Å². The number of carbonyl (C=O) groups is 2. The van der Waals surface area contributed by atoms with E-state index in [2.05, 4.69) is 90.1 Å².